The van der Waals surface area contributed by atoms with Gasteiger partial charge in [0, 0.05) is 24.9 Å². The van der Waals surface area contributed by atoms with Gasteiger partial charge in [0.1, 0.15) is 0 Å². The third kappa shape index (κ3) is 4.65. The van der Waals surface area contributed by atoms with Crippen molar-refractivity contribution < 1.29 is 0 Å². The van der Waals surface area contributed by atoms with E-state index >= 15 is 0 Å². The Morgan fingerprint density at radius 3 is 3.05 bits per heavy atom. The SMILES string of the molecule is CCCCCC#CCN1CCCCC1c1cccnc1. The lowest BCUT2D eigenvalue weighted by atomic mass is 9.96. The zero-order valence-electron chi connectivity index (χ0n) is 12.6. The summed E-state index contributed by atoms with van der Waals surface area (Å²) in [6.45, 7) is 4.31. The minimum Gasteiger partial charge on any atom is -0.285 e. The summed E-state index contributed by atoms with van der Waals surface area (Å²) in [4.78, 5) is 6.78. The molecule has 0 saturated carbocycles. The van der Waals surface area contributed by atoms with Crippen LogP contribution < -0.4 is 0 Å². The van der Waals surface area contributed by atoms with Gasteiger partial charge in [-0.3, -0.25) is 9.88 Å². The lowest BCUT2D eigenvalue weighted by Crippen LogP contribution is -2.33. The number of rotatable bonds is 5. The molecule has 0 aliphatic carbocycles. The molecule has 2 nitrogen and oxygen atoms in total. The van der Waals surface area contributed by atoms with Crippen LogP contribution in [0.15, 0.2) is 24.5 Å². The quantitative estimate of drug-likeness (QED) is 0.589. The van der Waals surface area contributed by atoms with Crippen LogP contribution in [0.4, 0.5) is 0 Å². The average molecular weight is 270 g/mol. The van der Waals surface area contributed by atoms with Crippen molar-refractivity contribution >= 4 is 0 Å². The maximum absolute atomic E-state index is 4.26. The summed E-state index contributed by atoms with van der Waals surface area (Å²) in [6, 6.07) is 4.76. The van der Waals surface area contributed by atoms with Crippen molar-refractivity contribution in [2.45, 2.75) is 57.9 Å². The van der Waals surface area contributed by atoms with E-state index in [4.69, 9.17) is 0 Å². The van der Waals surface area contributed by atoms with E-state index in [2.05, 4.69) is 34.7 Å². The zero-order valence-corrected chi connectivity index (χ0v) is 12.6. The Labute approximate surface area is 123 Å². The van der Waals surface area contributed by atoms with E-state index in [1.54, 1.807) is 0 Å². The van der Waals surface area contributed by atoms with E-state index in [1.807, 2.05) is 18.5 Å². The molecule has 1 unspecified atom stereocenters. The fourth-order valence-electron chi connectivity index (χ4n) is 2.84. The first-order valence-corrected chi connectivity index (χ1v) is 8.01. The summed E-state index contributed by atoms with van der Waals surface area (Å²) in [5.74, 6) is 6.70. The number of hydrogen-bond acceptors (Lipinski definition) is 2. The predicted molar refractivity (Wildman–Crippen MR) is 84.3 cm³/mol. The van der Waals surface area contributed by atoms with Gasteiger partial charge in [-0.25, -0.2) is 0 Å². The standard InChI is InChI=1S/C18H26N2/c1-2-3-4-5-6-8-14-20-15-9-7-12-18(20)17-11-10-13-19-16-17/h10-11,13,16,18H,2-5,7,9,12,14-15H2,1H3. The van der Waals surface area contributed by atoms with Gasteiger partial charge in [-0.15, -0.1) is 5.92 Å². The predicted octanol–water partition coefficient (Wildman–Crippen LogP) is 4.19. The van der Waals surface area contributed by atoms with Crippen LogP contribution in [0.3, 0.4) is 0 Å². The maximum Gasteiger partial charge on any atom is 0.0606 e. The molecular weight excluding hydrogens is 244 g/mol. The number of hydrogen-bond donors (Lipinski definition) is 0. The molecule has 1 fully saturated rings. The van der Waals surface area contributed by atoms with E-state index in [0.717, 1.165) is 13.0 Å². The number of likely N-dealkylation sites (tertiary alicyclic amines) is 1. The smallest absolute Gasteiger partial charge is 0.0606 e. The molecule has 1 aliphatic rings. The van der Waals surface area contributed by atoms with Gasteiger partial charge < -0.3 is 0 Å². The molecule has 0 radical (unpaired) electrons. The van der Waals surface area contributed by atoms with Crippen molar-refractivity contribution in [2.24, 2.45) is 0 Å². The van der Waals surface area contributed by atoms with Gasteiger partial charge in [0.15, 0.2) is 0 Å². The number of pyridine rings is 1. The molecule has 108 valence electrons. The van der Waals surface area contributed by atoms with E-state index in [0.29, 0.717) is 6.04 Å². The van der Waals surface area contributed by atoms with Crippen molar-refractivity contribution in [1.29, 1.82) is 0 Å². The first kappa shape index (κ1) is 15.1. The van der Waals surface area contributed by atoms with Crippen molar-refractivity contribution in [3.05, 3.63) is 30.1 Å². The normalized spacial score (nSPS) is 19.4. The Hall–Kier alpha value is -1.33. The molecule has 2 heterocycles. The summed E-state index contributed by atoms with van der Waals surface area (Å²) < 4.78 is 0. The number of piperidine rings is 1. The molecule has 1 atom stereocenters. The third-order valence-electron chi connectivity index (χ3n) is 4.00. The molecule has 0 aromatic carbocycles. The lowest BCUT2D eigenvalue weighted by molar-refractivity contribution is 0.169. The van der Waals surface area contributed by atoms with Crippen LogP contribution >= 0.6 is 0 Å². The van der Waals surface area contributed by atoms with E-state index in [9.17, 15) is 0 Å². The average Bonchev–Trinajstić information content (AvgIpc) is 2.52. The Bertz CT molecular complexity index is 430. The van der Waals surface area contributed by atoms with Crippen molar-refractivity contribution in [1.82, 2.24) is 9.88 Å². The third-order valence-corrected chi connectivity index (χ3v) is 4.00. The van der Waals surface area contributed by atoms with Crippen LogP contribution in [0.5, 0.6) is 0 Å². The van der Waals surface area contributed by atoms with Crippen LogP contribution in [0.25, 0.3) is 0 Å². The number of nitrogens with zero attached hydrogens (tertiary/aromatic N) is 2. The molecule has 1 saturated heterocycles. The van der Waals surface area contributed by atoms with Gasteiger partial charge in [-0.05, 0) is 37.4 Å². The van der Waals surface area contributed by atoms with Gasteiger partial charge in [-0.2, -0.15) is 0 Å². The molecule has 0 amide bonds. The van der Waals surface area contributed by atoms with Gasteiger partial charge >= 0.3 is 0 Å². The van der Waals surface area contributed by atoms with Crippen LogP contribution in [0, 0.1) is 11.8 Å². The first-order chi connectivity index (χ1) is 9.92. The van der Waals surface area contributed by atoms with Crippen LogP contribution in [-0.2, 0) is 0 Å². The summed E-state index contributed by atoms with van der Waals surface area (Å²) in [6.07, 6.45) is 12.6. The van der Waals surface area contributed by atoms with E-state index in [-0.39, 0.29) is 0 Å². The molecule has 1 aliphatic heterocycles. The molecule has 0 bridgehead atoms. The minimum atomic E-state index is 0.516. The second-order valence-electron chi connectivity index (χ2n) is 5.58. The summed E-state index contributed by atoms with van der Waals surface area (Å²) in [5, 5.41) is 0. The van der Waals surface area contributed by atoms with Gasteiger partial charge in [-0.1, -0.05) is 38.2 Å². The Morgan fingerprint density at radius 1 is 1.30 bits per heavy atom. The Balaban J connectivity index is 1.87. The molecule has 0 N–H and O–H groups in total. The molecule has 2 heteroatoms. The Kier molecular flexibility index (Phi) is 6.60. The second-order valence-corrected chi connectivity index (χ2v) is 5.58. The molecule has 2 rings (SSSR count). The van der Waals surface area contributed by atoms with Gasteiger partial charge in [0.2, 0.25) is 0 Å². The lowest BCUT2D eigenvalue weighted by Gasteiger charge is -2.34. The maximum atomic E-state index is 4.26. The van der Waals surface area contributed by atoms with Gasteiger partial charge in [0.05, 0.1) is 6.54 Å². The minimum absolute atomic E-state index is 0.516. The fraction of sp³-hybridized carbons (Fsp3) is 0.611. The van der Waals surface area contributed by atoms with Crippen LogP contribution in [0.2, 0.25) is 0 Å². The molecular formula is C18H26N2. The topological polar surface area (TPSA) is 16.1 Å². The molecule has 20 heavy (non-hydrogen) atoms. The van der Waals surface area contributed by atoms with Crippen LogP contribution in [-0.4, -0.2) is 23.0 Å². The van der Waals surface area contributed by atoms with Crippen molar-refractivity contribution in [2.75, 3.05) is 13.1 Å². The summed E-state index contributed by atoms with van der Waals surface area (Å²) >= 11 is 0. The molecule has 1 aromatic heterocycles. The van der Waals surface area contributed by atoms with Crippen molar-refractivity contribution in [3.8, 4) is 11.8 Å². The Morgan fingerprint density at radius 2 is 2.25 bits per heavy atom. The second kappa shape index (κ2) is 8.76. The number of aromatic nitrogens is 1. The van der Waals surface area contributed by atoms with Crippen LogP contribution in [0.1, 0.15) is 63.5 Å². The van der Waals surface area contributed by atoms with E-state index < -0.39 is 0 Å². The first-order valence-electron chi connectivity index (χ1n) is 8.01. The summed E-state index contributed by atoms with van der Waals surface area (Å²) in [7, 11) is 0. The molecule has 1 aromatic rings. The van der Waals surface area contributed by atoms with Gasteiger partial charge in [0.25, 0.3) is 0 Å². The zero-order chi connectivity index (χ0) is 14.0. The van der Waals surface area contributed by atoms with E-state index in [1.165, 1.54) is 50.6 Å². The van der Waals surface area contributed by atoms with Crippen molar-refractivity contribution in [3.63, 3.8) is 0 Å². The molecule has 0 spiro atoms. The monoisotopic (exact) mass is 270 g/mol. The highest BCUT2D eigenvalue weighted by Gasteiger charge is 2.22. The highest BCUT2D eigenvalue weighted by Crippen LogP contribution is 2.29. The number of unbranched alkanes of at least 4 members (excludes halogenated alkanes) is 3. The fourth-order valence-corrected chi connectivity index (χ4v) is 2.84. The largest absolute Gasteiger partial charge is 0.285 e. The summed E-state index contributed by atoms with van der Waals surface area (Å²) in [5.41, 5.74) is 1.35. The highest BCUT2D eigenvalue weighted by molar-refractivity contribution is 5.16. The highest BCUT2D eigenvalue weighted by atomic mass is 15.2.